The maximum Gasteiger partial charge on any atom is 0.137 e. The lowest BCUT2D eigenvalue weighted by Gasteiger charge is -2.35. The third-order valence-electron chi connectivity index (χ3n) is 3.51. The lowest BCUT2D eigenvalue weighted by atomic mass is 10.0. The van der Waals surface area contributed by atoms with Crippen LogP contribution in [0.25, 0.3) is 0 Å². The van der Waals surface area contributed by atoms with Gasteiger partial charge in [0.2, 0.25) is 0 Å². The molecule has 1 saturated heterocycles. The molecular formula is C12H20N4S. The second kappa shape index (κ2) is 4.64. The maximum atomic E-state index is 5.83. The van der Waals surface area contributed by atoms with Crippen molar-refractivity contribution in [3.8, 4) is 0 Å². The molecule has 0 bridgehead atoms. The van der Waals surface area contributed by atoms with Gasteiger partial charge in [-0.3, -0.25) is 4.68 Å². The predicted molar refractivity (Wildman–Crippen MR) is 74.5 cm³/mol. The van der Waals surface area contributed by atoms with Gasteiger partial charge in [0.05, 0.1) is 11.3 Å². The van der Waals surface area contributed by atoms with E-state index in [1.165, 1.54) is 19.3 Å². The van der Waals surface area contributed by atoms with E-state index < -0.39 is 0 Å². The lowest BCUT2D eigenvalue weighted by Crippen LogP contribution is -2.39. The molecule has 0 amide bonds. The fourth-order valence-electron chi connectivity index (χ4n) is 2.68. The van der Waals surface area contributed by atoms with E-state index in [2.05, 4.69) is 16.9 Å². The van der Waals surface area contributed by atoms with Crippen molar-refractivity contribution in [3.63, 3.8) is 0 Å². The minimum atomic E-state index is 0.448. The summed E-state index contributed by atoms with van der Waals surface area (Å²) in [5.74, 6) is 1.09. The Bertz CT molecular complexity index is 438. The molecule has 0 spiro atoms. The van der Waals surface area contributed by atoms with E-state index in [0.717, 1.165) is 23.6 Å². The third-order valence-corrected chi connectivity index (χ3v) is 3.72. The van der Waals surface area contributed by atoms with Crippen molar-refractivity contribution in [2.45, 2.75) is 39.2 Å². The first-order valence-electron chi connectivity index (χ1n) is 6.12. The summed E-state index contributed by atoms with van der Waals surface area (Å²) in [6.45, 7) is 5.28. The maximum absolute atomic E-state index is 5.83. The molecule has 2 heterocycles. The van der Waals surface area contributed by atoms with Gasteiger partial charge >= 0.3 is 0 Å². The number of nitrogens with two attached hydrogens (primary N) is 1. The van der Waals surface area contributed by atoms with E-state index in [0.29, 0.717) is 11.0 Å². The number of aromatic nitrogens is 2. The number of hydrogen-bond donors (Lipinski definition) is 1. The van der Waals surface area contributed by atoms with Crippen LogP contribution in [0.3, 0.4) is 0 Å². The van der Waals surface area contributed by atoms with E-state index in [-0.39, 0.29) is 0 Å². The van der Waals surface area contributed by atoms with Gasteiger partial charge in [0, 0.05) is 19.6 Å². The number of anilines is 1. The van der Waals surface area contributed by atoms with Crippen LogP contribution < -0.4 is 10.6 Å². The highest BCUT2D eigenvalue weighted by Gasteiger charge is 2.26. The first kappa shape index (κ1) is 12.4. The zero-order valence-corrected chi connectivity index (χ0v) is 11.5. The Morgan fingerprint density at radius 1 is 1.47 bits per heavy atom. The number of piperidine rings is 1. The van der Waals surface area contributed by atoms with Crippen LogP contribution in [-0.4, -0.2) is 27.4 Å². The Labute approximate surface area is 108 Å². The van der Waals surface area contributed by atoms with Crippen molar-refractivity contribution >= 4 is 23.0 Å². The monoisotopic (exact) mass is 252 g/mol. The molecule has 1 aromatic heterocycles. The molecule has 1 unspecified atom stereocenters. The average molecular weight is 252 g/mol. The van der Waals surface area contributed by atoms with Crippen LogP contribution in [0.2, 0.25) is 0 Å². The van der Waals surface area contributed by atoms with Crippen molar-refractivity contribution < 1.29 is 0 Å². The Kier molecular flexibility index (Phi) is 3.38. The van der Waals surface area contributed by atoms with Crippen LogP contribution in [0.15, 0.2) is 0 Å². The van der Waals surface area contributed by atoms with Gasteiger partial charge in [-0.05, 0) is 33.1 Å². The number of rotatable bonds is 2. The summed E-state index contributed by atoms with van der Waals surface area (Å²) in [6, 6.07) is 0.534. The molecule has 4 nitrogen and oxygen atoms in total. The largest absolute Gasteiger partial charge is 0.389 e. The summed E-state index contributed by atoms with van der Waals surface area (Å²) >= 11 is 5.16. The molecule has 0 radical (unpaired) electrons. The number of hydrogen-bond acceptors (Lipinski definition) is 3. The second-order valence-electron chi connectivity index (χ2n) is 4.81. The Morgan fingerprint density at radius 3 is 2.76 bits per heavy atom. The lowest BCUT2D eigenvalue weighted by molar-refractivity contribution is 0.473. The Hall–Kier alpha value is -1.10. The minimum absolute atomic E-state index is 0.448. The highest BCUT2D eigenvalue weighted by atomic mass is 32.1. The van der Waals surface area contributed by atoms with Crippen LogP contribution >= 0.6 is 12.2 Å². The van der Waals surface area contributed by atoms with Crippen LogP contribution in [0.4, 0.5) is 5.82 Å². The third kappa shape index (κ3) is 2.16. The molecule has 1 aliphatic rings. The van der Waals surface area contributed by atoms with Gasteiger partial charge in [0.15, 0.2) is 0 Å². The first-order chi connectivity index (χ1) is 8.02. The van der Waals surface area contributed by atoms with Gasteiger partial charge in [-0.2, -0.15) is 5.10 Å². The van der Waals surface area contributed by atoms with E-state index >= 15 is 0 Å². The van der Waals surface area contributed by atoms with E-state index in [9.17, 15) is 0 Å². The summed E-state index contributed by atoms with van der Waals surface area (Å²) in [4.78, 5) is 2.83. The normalized spacial score (nSPS) is 20.6. The molecule has 1 aromatic rings. The van der Waals surface area contributed by atoms with Crippen LogP contribution in [-0.2, 0) is 7.05 Å². The molecule has 94 valence electrons. The predicted octanol–water partition coefficient (Wildman–Crippen LogP) is 1.74. The summed E-state index contributed by atoms with van der Waals surface area (Å²) in [6.07, 6.45) is 3.75. The van der Waals surface area contributed by atoms with Gasteiger partial charge in [-0.25, -0.2) is 0 Å². The Morgan fingerprint density at radius 2 is 2.18 bits per heavy atom. The molecule has 5 heteroatoms. The minimum Gasteiger partial charge on any atom is -0.389 e. The molecule has 1 fully saturated rings. The molecule has 1 aliphatic heterocycles. The topological polar surface area (TPSA) is 47.1 Å². The van der Waals surface area contributed by atoms with Crippen LogP contribution in [0, 0.1) is 6.92 Å². The summed E-state index contributed by atoms with van der Waals surface area (Å²) in [5.41, 5.74) is 7.70. The molecule has 2 rings (SSSR count). The zero-order chi connectivity index (χ0) is 12.6. The van der Waals surface area contributed by atoms with Crippen LogP contribution in [0.1, 0.15) is 37.4 Å². The number of aryl methyl sites for hydroxylation is 2. The fourth-order valence-corrected chi connectivity index (χ4v) is 2.92. The van der Waals surface area contributed by atoms with Gasteiger partial charge in [-0.15, -0.1) is 0 Å². The molecule has 2 N–H and O–H groups in total. The summed E-state index contributed by atoms with van der Waals surface area (Å²) in [7, 11) is 1.96. The average Bonchev–Trinajstić information content (AvgIpc) is 2.54. The van der Waals surface area contributed by atoms with Gasteiger partial charge in [0.1, 0.15) is 10.8 Å². The van der Waals surface area contributed by atoms with Crippen LogP contribution in [0.5, 0.6) is 0 Å². The molecule has 0 aromatic carbocycles. The number of nitrogens with zero attached hydrogens (tertiary/aromatic N) is 3. The van der Waals surface area contributed by atoms with Gasteiger partial charge in [-0.1, -0.05) is 12.2 Å². The second-order valence-corrected chi connectivity index (χ2v) is 5.25. The quantitative estimate of drug-likeness (QED) is 0.815. The van der Waals surface area contributed by atoms with Crippen molar-refractivity contribution in [1.82, 2.24) is 9.78 Å². The SMILES string of the molecule is Cc1nn(C)c(N2CCCCC2C)c1C(N)=S. The highest BCUT2D eigenvalue weighted by Crippen LogP contribution is 2.29. The molecule has 17 heavy (non-hydrogen) atoms. The standard InChI is InChI=1S/C12H20N4S/c1-8-6-4-5-7-16(8)12-10(11(13)17)9(2)14-15(12)3/h8H,4-7H2,1-3H3,(H2,13,17). The smallest absolute Gasteiger partial charge is 0.137 e. The summed E-state index contributed by atoms with van der Waals surface area (Å²) in [5, 5.41) is 4.45. The van der Waals surface area contributed by atoms with Crippen molar-refractivity contribution in [2.24, 2.45) is 12.8 Å². The first-order valence-corrected chi connectivity index (χ1v) is 6.53. The Balaban J connectivity index is 2.46. The molecular weight excluding hydrogens is 232 g/mol. The molecule has 0 aliphatic carbocycles. The van der Waals surface area contributed by atoms with Gasteiger partial charge in [0.25, 0.3) is 0 Å². The fraction of sp³-hybridized carbons (Fsp3) is 0.667. The van der Waals surface area contributed by atoms with E-state index in [1.54, 1.807) is 0 Å². The molecule has 0 saturated carbocycles. The summed E-state index contributed by atoms with van der Waals surface area (Å²) < 4.78 is 1.91. The number of thiocarbonyl (C=S) groups is 1. The van der Waals surface area contributed by atoms with E-state index in [1.807, 2.05) is 18.7 Å². The van der Waals surface area contributed by atoms with Crippen molar-refractivity contribution in [3.05, 3.63) is 11.3 Å². The highest BCUT2D eigenvalue weighted by molar-refractivity contribution is 7.80. The van der Waals surface area contributed by atoms with Gasteiger partial charge < -0.3 is 10.6 Å². The van der Waals surface area contributed by atoms with E-state index in [4.69, 9.17) is 18.0 Å². The molecule has 1 atom stereocenters. The van der Waals surface area contributed by atoms with Crippen molar-refractivity contribution in [2.75, 3.05) is 11.4 Å². The van der Waals surface area contributed by atoms with Crippen molar-refractivity contribution in [1.29, 1.82) is 0 Å². The zero-order valence-electron chi connectivity index (χ0n) is 10.7.